The monoisotopic (exact) mass is 284 g/mol. The van der Waals surface area contributed by atoms with E-state index in [1.807, 2.05) is 0 Å². The van der Waals surface area contributed by atoms with Crippen molar-refractivity contribution in [3.63, 3.8) is 0 Å². The van der Waals surface area contributed by atoms with Gasteiger partial charge in [-0.05, 0) is 32.0 Å². The van der Waals surface area contributed by atoms with Gasteiger partial charge in [0.1, 0.15) is 5.56 Å². The molecule has 0 atom stereocenters. The van der Waals surface area contributed by atoms with Crippen LogP contribution in [0.4, 0.5) is 13.2 Å². The molecule has 0 amide bonds. The zero-order valence-corrected chi connectivity index (χ0v) is 10.7. The third-order valence-corrected chi connectivity index (χ3v) is 2.92. The van der Waals surface area contributed by atoms with Crippen LogP contribution in [0.1, 0.15) is 27.3 Å². The lowest BCUT2D eigenvalue weighted by molar-refractivity contribution is -0.137. The van der Waals surface area contributed by atoms with E-state index in [0.717, 1.165) is 12.1 Å². The fourth-order valence-corrected chi connectivity index (χ4v) is 2.02. The molecule has 20 heavy (non-hydrogen) atoms. The van der Waals surface area contributed by atoms with Gasteiger partial charge in [-0.3, -0.25) is 0 Å². The summed E-state index contributed by atoms with van der Waals surface area (Å²) in [4.78, 5) is 11.1. The van der Waals surface area contributed by atoms with Crippen molar-refractivity contribution in [3.05, 3.63) is 46.8 Å². The second-order valence-corrected chi connectivity index (χ2v) is 4.31. The highest BCUT2D eigenvalue weighted by atomic mass is 19.4. The van der Waals surface area contributed by atoms with Crippen molar-refractivity contribution in [3.8, 4) is 5.69 Å². The lowest BCUT2D eigenvalue weighted by Gasteiger charge is -2.09. The Bertz CT molecular complexity index is 675. The summed E-state index contributed by atoms with van der Waals surface area (Å²) in [6.45, 7) is 3.00. The molecule has 0 saturated carbocycles. The van der Waals surface area contributed by atoms with E-state index in [4.69, 9.17) is 5.11 Å². The number of carboxylic acids is 1. The number of hydrogen-bond acceptors (Lipinski definition) is 2. The van der Waals surface area contributed by atoms with E-state index in [0.29, 0.717) is 0 Å². The van der Waals surface area contributed by atoms with E-state index in [1.165, 1.54) is 30.7 Å². The van der Waals surface area contributed by atoms with Gasteiger partial charge < -0.3 is 5.11 Å². The van der Waals surface area contributed by atoms with Crippen LogP contribution in [0.5, 0.6) is 0 Å². The minimum absolute atomic E-state index is 0.00223. The molecule has 0 fully saturated rings. The molecule has 7 heteroatoms. The lowest BCUT2D eigenvalue weighted by atomic mass is 10.2. The summed E-state index contributed by atoms with van der Waals surface area (Å²) in [6.07, 6.45) is -4.46. The van der Waals surface area contributed by atoms with E-state index >= 15 is 0 Å². The van der Waals surface area contributed by atoms with E-state index < -0.39 is 17.7 Å². The van der Waals surface area contributed by atoms with Crippen molar-refractivity contribution >= 4 is 5.97 Å². The van der Waals surface area contributed by atoms with Crippen LogP contribution >= 0.6 is 0 Å². The van der Waals surface area contributed by atoms with Gasteiger partial charge in [0, 0.05) is 0 Å². The number of nitrogens with zero attached hydrogens (tertiary/aromatic N) is 2. The molecular formula is C13H11F3N2O2. The average Bonchev–Trinajstić information content (AvgIpc) is 2.64. The number of aryl methyl sites for hydroxylation is 1. The first-order chi connectivity index (χ1) is 9.21. The molecule has 0 radical (unpaired) electrons. The summed E-state index contributed by atoms with van der Waals surface area (Å²) in [5, 5.41) is 13.1. The van der Waals surface area contributed by atoms with Gasteiger partial charge in [-0.15, -0.1) is 0 Å². The maximum Gasteiger partial charge on any atom is 0.416 e. The third kappa shape index (κ3) is 2.38. The van der Waals surface area contributed by atoms with Gasteiger partial charge in [0.25, 0.3) is 0 Å². The highest BCUT2D eigenvalue weighted by Crippen LogP contribution is 2.30. The second-order valence-electron chi connectivity index (χ2n) is 4.31. The van der Waals surface area contributed by atoms with Gasteiger partial charge in [-0.25, -0.2) is 9.48 Å². The van der Waals surface area contributed by atoms with Crippen molar-refractivity contribution in [1.29, 1.82) is 0 Å². The fourth-order valence-electron chi connectivity index (χ4n) is 2.02. The minimum atomic E-state index is -4.46. The number of halogens is 3. The van der Waals surface area contributed by atoms with Gasteiger partial charge >= 0.3 is 12.1 Å². The van der Waals surface area contributed by atoms with Crippen LogP contribution in [0.15, 0.2) is 24.3 Å². The number of hydrogen-bond donors (Lipinski definition) is 1. The standard InChI is InChI=1S/C13H11F3N2O2/c1-7-11(12(19)20)8(2)18(17-7)10-5-3-4-9(6-10)13(14,15)16/h3-6H,1-2H3,(H,19,20). The molecule has 0 spiro atoms. The van der Waals surface area contributed by atoms with Gasteiger partial charge in [-0.2, -0.15) is 18.3 Å². The van der Waals surface area contributed by atoms with Crippen LogP contribution in [0.3, 0.4) is 0 Å². The molecule has 0 saturated heterocycles. The van der Waals surface area contributed by atoms with E-state index in [-0.39, 0.29) is 22.6 Å². The number of rotatable bonds is 2. The smallest absolute Gasteiger partial charge is 0.416 e. The molecule has 1 heterocycles. The molecule has 1 aromatic heterocycles. The summed E-state index contributed by atoms with van der Waals surface area (Å²) in [6, 6.07) is 4.59. The molecule has 1 N–H and O–H groups in total. The lowest BCUT2D eigenvalue weighted by Crippen LogP contribution is -2.07. The third-order valence-electron chi connectivity index (χ3n) is 2.92. The number of carboxylic acid groups (broad SMARTS) is 1. The quantitative estimate of drug-likeness (QED) is 0.921. The summed E-state index contributed by atoms with van der Waals surface area (Å²) in [5.41, 5.74) is -0.0866. The highest BCUT2D eigenvalue weighted by Gasteiger charge is 2.31. The molecule has 0 bridgehead atoms. The van der Waals surface area contributed by atoms with E-state index in [9.17, 15) is 18.0 Å². The van der Waals surface area contributed by atoms with Crippen molar-refractivity contribution in [2.45, 2.75) is 20.0 Å². The average molecular weight is 284 g/mol. The zero-order chi connectivity index (χ0) is 15.1. The maximum absolute atomic E-state index is 12.7. The van der Waals surface area contributed by atoms with Crippen molar-refractivity contribution in [1.82, 2.24) is 9.78 Å². The summed E-state index contributed by atoms with van der Waals surface area (Å²) >= 11 is 0. The fraction of sp³-hybridized carbons (Fsp3) is 0.231. The van der Waals surface area contributed by atoms with Crippen molar-refractivity contribution < 1.29 is 23.1 Å². The number of carbonyl (C=O) groups is 1. The molecule has 2 aromatic rings. The second kappa shape index (κ2) is 4.66. The van der Waals surface area contributed by atoms with Gasteiger partial charge in [0.15, 0.2) is 0 Å². The van der Waals surface area contributed by atoms with Gasteiger partial charge in [0.05, 0.1) is 22.6 Å². The minimum Gasteiger partial charge on any atom is -0.478 e. The molecule has 4 nitrogen and oxygen atoms in total. The van der Waals surface area contributed by atoms with Crippen LogP contribution < -0.4 is 0 Å². The Balaban J connectivity index is 2.58. The highest BCUT2D eigenvalue weighted by molar-refractivity contribution is 5.90. The normalized spacial score (nSPS) is 11.7. The largest absolute Gasteiger partial charge is 0.478 e. The SMILES string of the molecule is Cc1nn(-c2cccc(C(F)(F)F)c2)c(C)c1C(=O)O. The molecule has 2 rings (SSSR count). The predicted octanol–water partition coefficient (Wildman–Crippen LogP) is 3.21. The molecule has 0 aliphatic heterocycles. The summed E-state index contributed by atoms with van der Waals surface area (Å²) < 4.78 is 39.2. The first-order valence-electron chi connectivity index (χ1n) is 5.69. The molecular weight excluding hydrogens is 273 g/mol. The first-order valence-corrected chi connectivity index (χ1v) is 5.69. The van der Waals surface area contributed by atoms with Gasteiger partial charge in [0.2, 0.25) is 0 Å². The Morgan fingerprint density at radius 3 is 2.45 bits per heavy atom. The number of benzene rings is 1. The zero-order valence-electron chi connectivity index (χ0n) is 10.7. The molecule has 0 aliphatic carbocycles. The Labute approximate surface area is 112 Å². The number of alkyl halides is 3. The van der Waals surface area contributed by atoms with Crippen molar-refractivity contribution in [2.75, 3.05) is 0 Å². The van der Waals surface area contributed by atoms with Crippen LogP contribution in [0.25, 0.3) is 5.69 Å². The van der Waals surface area contributed by atoms with Crippen LogP contribution in [-0.2, 0) is 6.18 Å². The van der Waals surface area contributed by atoms with E-state index in [1.54, 1.807) is 0 Å². The number of aromatic carboxylic acids is 1. The summed E-state index contributed by atoms with van der Waals surface area (Å²) in [5.74, 6) is -1.15. The van der Waals surface area contributed by atoms with Crippen molar-refractivity contribution in [2.24, 2.45) is 0 Å². The Morgan fingerprint density at radius 1 is 1.30 bits per heavy atom. The topological polar surface area (TPSA) is 55.1 Å². The van der Waals surface area contributed by atoms with Crippen LogP contribution in [0, 0.1) is 13.8 Å². The Morgan fingerprint density at radius 2 is 1.95 bits per heavy atom. The molecule has 106 valence electrons. The van der Waals surface area contributed by atoms with Crippen LogP contribution in [0.2, 0.25) is 0 Å². The number of aromatic nitrogens is 2. The van der Waals surface area contributed by atoms with Gasteiger partial charge in [-0.1, -0.05) is 6.07 Å². The molecule has 0 unspecified atom stereocenters. The van der Waals surface area contributed by atoms with E-state index in [2.05, 4.69) is 5.10 Å². The summed E-state index contributed by atoms with van der Waals surface area (Å²) in [7, 11) is 0. The maximum atomic E-state index is 12.7. The molecule has 0 aliphatic rings. The van der Waals surface area contributed by atoms with Crippen LogP contribution in [-0.4, -0.2) is 20.9 Å². The first kappa shape index (κ1) is 14.1. The Hall–Kier alpha value is -2.31. The Kier molecular flexibility index (Phi) is 3.29. The predicted molar refractivity (Wildman–Crippen MR) is 65.0 cm³/mol. The molecule has 1 aromatic carbocycles.